The maximum Gasteiger partial charge on any atom is 0.120 e. The van der Waals surface area contributed by atoms with Crippen LogP contribution in [0.3, 0.4) is 0 Å². The number of aryl methyl sites for hydroxylation is 2. The first-order chi connectivity index (χ1) is 11.7. The molecule has 0 spiro atoms. The van der Waals surface area contributed by atoms with Gasteiger partial charge in [0.1, 0.15) is 17.5 Å². The average Bonchev–Trinajstić information content (AvgIpc) is 2.92. The molecule has 0 unspecified atom stereocenters. The molecule has 3 nitrogen and oxygen atoms in total. The minimum Gasteiger partial charge on any atom is -0.497 e. The maximum absolute atomic E-state index is 9.64. The molecule has 0 atom stereocenters. The molecule has 3 aromatic rings. The molecule has 0 aliphatic rings. The van der Waals surface area contributed by atoms with E-state index in [1.165, 1.54) is 0 Å². The Bertz CT molecular complexity index is 1010. The molecule has 0 aliphatic heterocycles. The third-order valence-electron chi connectivity index (χ3n) is 4.16. The number of rotatable bonds is 2. The monoisotopic (exact) mass is 314 g/mol. The lowest BCUT2D eigenvalue weighted by atomic mass is 10.1. The van der Waals surface area contributed by atoms with Crippen LogP contribution in [0.4, 0.5) is 0 Å². The van der Waals surface area contributed by atoms with Crippen LogP contribution in [0, 0.1) is 30.1 Å². The molecule has 1 heterocycles. The SMILES string of the molecule is CCn1c(C#Cc2ccccc2C)c(C#N)c2ccc(OC)cc21. The summed E-state index contributed by atoms with van der Waals surface area (Å²) in [5.41, 5.74) is 4.46. The summed E-state index contributed by atoms with van der Waals surface area (Å²) in [5, 5.41) is 10.6. The number of fused-ring (bicyclic) bond motifs is 1. The fourth-order valence-corrected chi connectivity index (χ4v) is 2.87. The molecule has 0 aliphatic carbocycles. The summed E-state index contributed by atoms with van der Waals surface area (Å²) < 4.78 is 7.39. The van der Waals surface area contributed by atoms with Crippen LogP contribution in [0.25, 0.3) is 10.9 Å². The van der Waals surface area contributed by atoms with Gasteiger partial charge in [-0.15, -0.1) is 0 Å². The van der Waals surface area contributed by atoms with Gasteiger partial charge in [0.25, 0.3) is 0 Å². The highest BCUT2D eigenvalue weighted by Gasteiger charge is 2.15. The average molecular weight is 314 g/mol. The molecule has 0 saturated heterocycles. The number of methoxy groups -OCH3 is 1. The summed E-state index contributed by atoms with van der Waals surface area (Å²) in [6.07, 6.45) is 0. The van der Waals surface area contributed by atoms with Crippen LogP contribution in [0.15, 0.2) is 42.5 Å². The van der Waals surface area contributed by atoms with E-state index in [-0.39, 0.29) is 0 Å². The van der Waals surface area contributed by atoms with Crippen LogP contribution in [0.5, 0.6) is 5.75 Å². The molecule has 0 amide bonds. The quantitative estimate of drug-likeness (QED) is 0.663. The number of benzene rings is 2. The maximum atomic E-state index is 9.64. The molecule has 118 valence electrons. The Kier molecular flexibility index (Phi) is 4.27. The molecule has 0 fully saturated rings. The standard InChI is InChI=1S/C21H18N2O/c1-4-23-20(12-9-16-8-6-5-7-15(16)2)19(14-22)18-11-10-17(24-3)13-21(18)23/h5-8,10-11,13H,4H2,1-3H3. The summed E-state index contributed by atoms with van der Waals surface area (Å²) >= 11 is 0. The van der Waals surface area contributed by atoms with Crippen LogP contribution in [-0.2, 0) is 6.54 Å². The topological polar surface area (TPSA) is 38.0 Å². The fraction of sp³-hybridized carbons (Fsp3) is 0.190. The Labute approximate surface area is 142 Å². The number of nitrogens with zero attached hydrogens (tertiary/aromatic N) is 2. The molecule has 0 saturated carbocycles. The van der Waals surface area contributed by atoms with Crippen LogP contribution < -0.4 is 4.74 Å². The lowest BCUT2D eigenvalue weighted by Crippen LogP contribution is -1.98. The van der Waals surface area contributed by atoms with Crippen molar-refractivity contribution in [3.8, 4) is 23.7 Å². The van der Waals surface area contributed by atoms with Crippen molar-refractivity contribution < 1.29 is 4.74 Å². The second kappa shape index (κ2) is 6.52. The summed E-state index contributed by atoms with van der Waals surface area (Å²) in [6.45, 7) is 4.83. The van der Waals surface area contributed by atoms with Gasteiger partial charge in [-0.2, -0.15) is 5.26 Å². The van der Waals surface area contributed by atoms with E-state index in [9.17, 15) is 5.26 Å². The first kappa shape index (κ1) is 15.7. The molecule has 2 aromatic carbocycles. The molecular formula is C21H18N2O. The van der Waals surface area contributed by atoms with E-state index in [2.05, 4.69) is 29.4 Å². The van der Waals surface area contributed by atoms with E-state index in [1.807, 2.05) is 49.4 Å². The second-order valence-electron chi connectivity index (χ2n) is 5.53. The Hall–Kier alpha value is -3.17. The van der Waals surface area contributed by atoms with Gasteiger partial charge in [0, 0.05) is 23.6 Å². The molecule has 1 aromatic heterocycles. The van der Waals surface area contributed by atoms with Gasteiger partial charge in [-0.05, 0) is 43.5 Å². The van der Waals surface area contributed by atoms with Crippen LogP contribution in [0.2, 0.25) is 0 Å². The van der Waals surface area contributed by atoms with E-state index in [0.29, 0.717) is 5.56 Å². The molecule has 3 heteroatoms. The molecular weight excluding hydrogens is 296 g/mol. The van der Waals surface area contributed by atoms with Gasteiger partial charge in [0.05, 0.1) is 18.2 Å². The van der Waals surface area contributed by atoms with Crippen molar-refractivity contribution >= 4 is 10.9 Å². The highest BCUT2D eigenvalue weighted by Crippen LogP contribution is 2.28. The van der Waals surface area contributed by atoms with E-state index >= 15 is 0 Å². The van der Waals surface area contributed by atoms with Gasteiger partial charge in [-0.1, -0.05) is 24.1 Å². The zero-order chi connectivity index (χ0) is 17.1. The van der Waals surface area contributed by atoms with Crippen LogP contribution >= 0.6 is 0 Å². The number of aromatic nitrogens is 1. The predicted molar refractivity (Wildman–Crippen MR) is 96.0 cm³/mol. The summed E-state index contributed by atoms with van der Waals surface area (Å²) in [7, 11) is 1.64. The summed E-state index contributed by atoms with van der Waals surface area (Å²) in [4.78, 5) is 0. The fourth-order valence-electron chi connectivity index (χ4n) is 2.87. The van der Waals surface area contributed by atoms with Gasteiger partial charge in [0.2, 0.25) is 0 Å². The molecule has 3 rings (SSSR count). The summed E-state index contributed by atoms with van der Waals surface area (Å²) in [6, 6.07) is 16.1. The molecule has 0 bridgehead atoms. The first-order valence-corrected chi connectivity index (χ1v) is 7.87. The third-order valence-corrected chi connectivity index (χ3v) is 4.16. The minimum absolute atomic E-state index is 0.621. The molecule has 0 radical (unpaired) electrons. The number of nitriles is 1. The Morgan fingerprint density at radius 1 is 1.12 bits per heavy atom. The van der Waals surface area contributed by atoms with Gasteiger partial charge in [0.15, 0.2) is 0 Å². The Morgan fingerprint density at radius 2 is 1.92 bits per heavy atom. The lowest BCUT2D eigenvalue weighted by molar-refractivity contribution is 0.415. The Morgan fingerprint density at radius 3 is 2.58 bits per heavy atom. The van der Waals surface area contributed by atoms with Crippen molar-refractivity contribution in [1.29, 1.82) is 5.26 Å². The van der Waals surface area contributed by atoms with E-state index in [1.54, 1.807) is 7.11 Å². The zero-order valence-electron chi connectivity index (χ0n) is 14.1. The van der Waals surface area contributed by atoms with Gasteiger partial charge in [-0.25, -0.2) is 0 Å². The smallest absolute Gasteiger partial charge is 0.120 e. The van der Waals surface area contributed by atoms with Crippen molar-refractivity contribution in [3.05, 3.63) is 64.8 Å². The van der Waals surface area contributed by atoms with Crippen molar-refractivity contribution in [2.45, 2.75) is 20.4 Å². The highest BCUT2D eigenvalue weighted by atomic mass is 16.5. The lowest BCUT2D eigenvalue weighted by Gasteiger charge is -2.04. The van der Waals surface area contributed by atoms with Gasteiger partial charge >= 0.3 is 0 Å². The van der Waals surface area contributed by atoms with Crippen LogP contribution in [0.1, 0.15) is 29.3 Å². The van der Waals surface area contributed by atoms with E-state index in [0.717, 1.165) is 40.0 Å². The second-order valence-corrected chi connectivity index (χ2v) is 5.53. The van der Waals surface area contributed by atoms with Crippen molar-refractivity contribution in [2.75, 3.05) is 7.11 Å². The first-order valence-electron chi connectivity index (χ1n) is 7.87. The minimum atomic E-state index is 0.621. The number of ether oxygens (including phenoxy) is 1. The highest BCUT2D eigenvalue weighted by molar-refractivity contribution is 5.90. The van der Waals surface area contributed by atoms with Gasteiger partial charge < -0.3 is 9.30 Å². The van der Waals surface area contributed by atoms with Crippen molar-refractivity contribution in [3.63, 3.8) is 0 Å². The normalized spacial score (nSPS) is 10.1. The molecule has 24 heavy (non-hydrogen) atoms. The van der Waals surface area contributed by atoms with E-state index in [4.69, 9.17) is 4.74 Å². The van der Waals surface area contributed by atoms with E-state index < -0.39 is 0 Å². The predicted octanol–water partition coefficient (Wildman–Crippen LogP) is 4.25. The van der Waals surface area contributed by atoms with Crippen molar-refractivity contribution in [2.24, 2.45) is 0 Å². The number of hydrogen-bond donors (Lipinski definition) is 0. The zero-order valence-corrected chi connectivity index (χ0v) is 14.1. The Balaban J connectivity index is 2.25. The number of hydrogen-bond acceptors (Lipinski definition) is 2. The largest absolute Gasteiger partial charge is 0.497 e. The van der Waals surface area contributed by atoms with Crippen LogP contribution in [-0.4, -0.2) is 11.7 Å². The molecule has 0 N–H and O–H groups in total. The third kappa shape index (κ3) is 2.62. The van der Waals surface area contributed by atoms with Crippen molar-refractivity contribution in [1.82, 2.24) is 4.57 Å². The summed E-state index contributed by atoms with van der Waals surface area (Å²) in [5.74, 6) is 7.21. The van der Waals surface area contributed by atoms with Gasteiger partial charge in [-0.3, -0.25) is 0 Å².